The number of thiophene rings is 1. The van der Waals surface area contributed by atoms with Gasteiger partial charge >= 0.3 is 6.09 Å². The van der Waals surface area contributed by atoms with Crippen LogP contribution in [-0.4, -0.2) is 43.3 Å². The van der Waals surface area contributed by atoms with Crippen LogP contribution in [0.2, 0.25) is 0 Å². The molecule has 8 nitrogen and oxygen atoms in total. The highest BCUT2D eigenvalue weighted by Crippen LogP contribution is 2.41. The lowest BCUT2D eigenvalue weighted by Gasteiger charge is -2.20. The van der Waals surface area contributed by atoms with Crippen molar-refractivity contribution in [2.24, 2.45) is 0 Å². The molecule has 0 fully saturated rings. The van der Waals surface area contributed by atoms with E-state index in [1.165, 1.54) is 0 Å². The third-order valence-electron chi connectivity index (χ3n) is 4.90. The Kier molecular flexibility index (Phi) is 8.71. The molecule has 0 atom stereocenters. The van der Waals surface area contributed by atoms with Gasteiger partial charge in [0.25, 0.3) is 0 Å². The van der Waals surface area contributed by atoms with Crippen molar-refractivity contribution in [2.75, 3.05) is 31.4 Å². The van der Waals surface area contributed by atoms with Crippen LogP contribution >= 0.6 is 11.3 Å². The molecular formula is C26H33N3O5S. The maximum atomic E-state index is 12.2. The fraction of sp³-hybridized carbons (Fsp3) is 0.385. The van der Waals surface area contributed by atoms with Gasteiger partial charge in [0, 0.05) is 40.6 Å². The molecular weight excluding hydrogens is 466 g/mol. The highest BCUT2D eigenvalue weighted by Gasteiger charge is 2.19. The van der Waals surface area contributed by atoms with Crippen LogP contribution in [0.15, 0.2) is 35.9 Å². The van der Waals surface area contributed by atoms with E-state index in [9.17, 15) is 4.79 Å². The third-order valence-corrected chi connectivity index (χ3v) is 5.92. The van der Waals surface area contributed by atoms with Crippen molar-refractivity contribution in [3.8, 4) is 16.9 Å². The molecule has 0 saturated heterocycles. The summed E-state index contributed by atoms with van der Waals surface area (Å²) in [4.78, 5) is 16.6. The van der Waals surface area contributed by atoms with Crippen LogP contribution in [0, 0.1) is 0 Å². The number of amides is 1. The summed E-state index contributed by atoms with van der Waals surface area (Å²) < 4.78 is 23.1. The molecule has 2 aromatic heterocycles. The van der Waals surface area contributed by atoms with E-state index < -0.39 is 18.0 Å². The van der Waals surface area contributed by atoms with Crippen LogP contribution in [0.4, 0.5) is 16.3 Å². The van der Waals surface area contributed by atoms with Crippen LogP contribution in [-0.2, 0) is 14.2 Å². The minimum atomic E-state index is -0.602. The van der Waals surface area contributed by atoms with Crippen molar-refractivity contribution >= 4 is 45.1 Å². The fourth-order valence-corrected chi connectivity index (χ4v) is 4.54. The topological polar surface area (TPSA) is 105 Å². The van der Waals surface area contributed by atoms with E-state index in [-0.39, 0.29) is 0 Å². The quantitative estimate of drug-likeness (QED) is 0.332. The highest BCUT2D eigenvalue weighted by molar-refractivity contribution is 7.18. The summed E-state index contributed by atoms with van der Waals surface area (Å²) >= 11 is 1.58. The molecule has 0 bridgehead atoms. The molecule has 0 spiro atoms. The summed E-state index contributed by atoms with van der Waals surface area (Å²) in [6.07, 6.45) is 4.59. The minimum Gasteiger partial charge on any atom is -0.495 e. The van der Waals surface area contributed by atoms with Crippen LogP contribution in [0.1, 0.15) is 40.2 Å². The number of nitrogens with two attached hydrogens (primary N) is 1. The Balaban J connectivity index is 1.95. The molecule has 0 aliphatic carbocycles. The van der Waals surface area contributed by atoms with Gasteiger partial charge in [-0.2, -0.15) is 0 Å². The van der Waals surface area contributed by atoms with E-state index in [4.69, 9.17) is 24.7 Å². The summed E-state index contributed by atoms with van der Waals surface area (Å²) in [5.41, 5.74) is 8.95. The lowest BCUT2D eigenvalue weighted by atomic mass is 10.0. The second-order valence-corrected chi connectivity index (χ2v) is 9.51. The van der Waals surface area contributed by atoms with Crippen molar-refractivity contribution in [2.45, 2.75) is 46.5 Å². The number of aromatic nitrogens is 1. The summed E-state index contributed by atoms with van der Waals surface area (Å²) in [5, 5.41) is 5.64. The Bertz CT molecular complexity index is 1190. The zero-order valence-corrected chi connectivity index (χ0v) is 21.8. The number of nitrogen functional groups attached to an aromatic ring is 1. The van der Waals surface area contributed by atoms with E-state index in [1.807, 2.05) is 64.3 Å². The number of nitrogens with one attached hydrogen (secondary N) is 1. The molecule has 0 aliphatic heterocycles. The van der Waals surface area contributed by atoms with Crippen molar-refractivity contribution < 1.29 is 23.7 Å². The van der Waals surface area contributed by atoms with E-state index in [2.05, 4.69) is 10.3 Å². The SMILES string of the molecule is CCOC(C=Cc1cnc(N)c2c(-c3ccc(NC(=O)OC(C)(C)C)c(OC)c3)csc12)OCC. The van der Waals surface area contributed by atoms with Gasteiger partial charge in [0.05, 0.1) is 12.8 Å². The number of benzene rings is 1. The Hall–Kier alpha value is -3.14. The third kappa shape index (κ3) is 6.72. The summed E-state index contributed by atoms with van der Waals surface area (Å²) in [6, 6.07) is 5.54. The summed E-state index contributed by atoms with van der Waals surface area (Å²) in [5.74, 6) is 0.945. The molecule has 3 aromatic rings. The predicted octanol–water partition coefficient (Wildman–Crippen LogP) is 6.31. The Morgan fingerprint density at radius 2 is 1.94 bits per heavy atom. The van der Waals surface area contributed by atoms with Crippen LogP contribution in [0.3, 0.4) is 0 Å². The number of anilines is 2. The molecule has 9 heteroatoms. The van der Waals surface area contributed by atoms with Crippen molar-refractivity contribution in [3.05, 3.63) is 41.4 Å². The maximum Gasteiger partial charge on any atom is 0.412 e. The van der Waals surface area contributed by atoms with Crippen LogP contribution in [0.5, 0.6) is 5.75 Å². The lowest BCUT2D eigenvalue weighted by Crippen LogP contribution is -2.27. The van der Waals surface area contributed by atoms with Gasteiger partial charge < -0.3 is 24.7 Å². The smallest absolute Gasteiger partial charge is 0.412 e. The number of carbonyl (C=O) groups excluding carboxylic acids is 1. The Morgan fingerprint density at radius 1 is 1.23 bits per heavy atom. The normalized spacial score (nSPS) is 12.0. The number of hydrogen-bond acceptors (Lipinski definition) is 8. The van der Waals surface area contributed by atoms with E-state index >= 15 is 0 Å². The molecule has 0 radical (unpaired) electrons. The zero-order chi connectivity index (χ0) is 25.6. The van der Waals surface area contributed by atoms with Crippen molar-refractivity contribution in [1.29, 1.82) is 0 Å². The molecule has 3 rings (SSSR count). The minimum absolute atomic E-state index is 0.425. The van der Waals surface area contributed by atoms with Gasteiger partial charge in [-0.05, 0) is 63.8 Å². The van der Waals surface area contributed by atoms with Gasteiger partial charge in [0.1, 0.15) is 17.2 Å². The van der Waals surface area contributed by atoms with E-state index in [0.717, 1.165) is 26.8 Å². The number of methoxy groups -OCH3 is 1. The average Bonchev–Trinajstić information content (AvgIpc) is 3.24. The fourth-order valence-electron chi connectivity index (χ4n) is 3.46. The zero-order valence-electron chi connectivity index (χ0n) is 21.0. The molecule has 35 heavy (non-hydrogen) atoms. The lowest BCUT2D eigenvalue weighted by molar-refractivity contribution is -0.103. The number of nitrogens with zero attached hydrogens (tertiary/aromatic N) is 1. The average molecular weight is 500 g/mol. The van der Waals surface area contributed by atoms with Crippen molar-refractivity contribution in [1.82, 2.24) is 4.98 Å². The maximum absolute atomic E-state index is 12.2. The largest absolute Gasteiger partial charge is 0.495 e. The van der Waals surface area contributed by atoms with Gasteiger partial charge in [-0.15, -0.1) is 11.3 Å². The monoisotopic (exact) mass is 499 g/mol. The number of pyridine rings is 1. The molecule has 2 heterocycles. The predicted molar refractivity (Wildman–Crippen MR) is 142 cm³/mol. The van der Waals surface area contributed by atoms with Crippen LogP contribution < -0.4 is 15.8 Å². The molecule has 1 amide bonds. The number of ether oxygens (including phenoxy) is 4. The molecule has 0 unspecified atom stereocenters. The molecule has 0 saturated carbocycles. The number of hydrogen-bond donors (Lipinski definition) is 2. The molecule has 0 aliphatic rings. The first-order valence-electron chi connectivity index (χ1n) is 11.4. The second kappa shape index (κ2) is 11.5. The first-order chi connectivity index (χ1) is 16.7. The first kappa shape index (κ1) is 26.5. The summed E-state index contributed by atoms with van der Waals surface area (Å²) in [6.45, 7) is 10.4. The number of carbonyl (C=O) groups is 1. The van der Waals surface area contributed by atoms with Gasteiger partial charge in [-0.3, -0.25) is 5.32 Å². The van der Waals surface area contributed by atoms with Gasteiger partial charge in [0.2, 0.25) is 0 Å². The Labute approximate surface area is 210 Å². The number of fused-ring (bicyclic) bond motifs is 1. The first-order valence-corrected chi connectivity index (χ1v) is 12.3. The van der Waals surface area contributed by atoms with Crippen LogP contribution in [0.25, 0.3) is 27.3 Å². The summed E-state index contributed by atoms with van der Waals surface area (Å²) in [7, 11) is 1.55. The van der Waals surface area contributed by atoms with Gasteiger partial charge in [0.15, 0.2) is 6.29 Å². The second-order valence-electron chi connectivity index (χ2n) is 8.63. The van der Waals surface area contributed by atoms with Gasteiger partial charge in [-0.1, -0.05) is 12.1 Å². The van der Waals surface area contributed by atoms with E-state index in [1.54, 1.807) is 30.7 Å². The van der Waals surface area contributed by atoms with Crippen molar-refractivity contribution in [3.63, 3.8) is 0 Å². The van der Waals surface area contributed by atoms with E-state index in [0.29, 0.717) is 30.5 Å². The standard InChI is InChI=1S/C26H33N3O5S/c1-7-32-21(33-8-2)12-10-17-14-28-24(27)22-18(15-35-23(17)22)16-9-11-19(20(13-16)31-6)29-25(30)34-26(3,4)5/h9-15,21H,7-8H2,1-6H3,(H2,27,28)(H,29,30). The molecule has 188 valence electrons. The molecule has 3 N–H and O–H groups in total. The number of rotatable bonds is 9. The molecule has 1 aromatic carbocycles. The van der Waals surface area contributed by atoms with Gasteiger partial charge in [-0.25, -0.2) is 9.78 Å². The Morgan fingerprint density at radius 3 is 2.57 bits per heavy atom. The highest BCUT2D eigenvalue weighted by atomic mass is 32.1.